The molecule has 1 aromatic carbocycles. The minimum atomic E-state index is -0.681. The predicted molar refractivity (Wildman–Crippen MR) is 101 cm³/mol. The minimum absolute atomic E-state index is 0.0332. The van der Waals surface area contributed by atoms with Crippen molar-refractivity contribution in [3.8, 4) is 0 Å². The van der Waals surface area contributed by atoms with Crippen molar-refractivity contribution in [1.29, 1.82) is 0 Å². The number of hydrogen-bond donors (Lipinski definition) is 3. The normalized spacial score (nSPS) is 16.3. The maximum Gasteiger partial charge on any atom is 0.252 e. The second-order valence-electron chi connectivity index (χ2n) is 6.91. The van der Waals surface area contributed by atoms with Crippen LogP contribution in [0.25, 0.3) is 0 Å². The first-order valence-electron chi connectivity index (χ1n) is 8.94. The molecule has 0 atom stereocenters. The Balaban J connectivity index is 1.73. The third-order valence-electron chi connectivity index (χ3n) is 4.73. The highest BCUT2D eigenvalue weighted by molar-refractivity contribution is 5.97. The number of piperidine rings is 1. The molecule has 1 saturated heterocycles. The molecule has 1 fully saturated rings. The molecule has 0 radical (unpaired) electrons. The molecule has 2 amide bonds. The van der Waals surface area contributed by atoms with E-state index in [0.717, 1.165) is 13.1 Å². The zero-order valence-corrected chi connectivity index (χ0v) is 15.2. The van der Waals surface area contributed by atoms with E-state index in [0.29, 0.717) is 24.2 Å². The van der Waals surface area contributed by atoms with Gasteiger partial charge in [0.1, 0.15) is 5.54 Å². The van der Waals surface area contributed by atoms with Crippen LogP contribution in [-0.2, 0) is 15.1 Å². The van der Waals surface area contributed by atoms with Crippen molar-refractivity contribution in [2.24, 2.45) is 5.92 Å². The zero-order chi connectivity index (χ0) is 18.6. The highest BCUT2D eigenvalue weighted by Gasteiger charge is 2.42. The molecule has 2 aromatic rings. The zero-order valence-electron chi connectivity index (χ0n) is 15.2. The van der Waals surface area contributed by atoms with E-state index in [1.54, 1.807) is 35.1 Å². The fraction of sp³-hybridized carbons (Fsp3) is 0.421. The summed E-state index contributed by atoms with van der Waals surface area (Å²) >= 11 is 0. The van der Waals surface area contributed by atoms with Gasteiger partial charge in [0.2, 0.25) is 5.91 Å². The van der Waals surface area contributed by atoms with Crippen molar-refractivity contribution in [3.05, 3.63) is 42.7 Å². The molecule has 0 saturated carbocycles. The molecule has 1 aromatic heterocycles. The van der Waals surface area contributed by atoms with Gasteiger partial charge in [0.25, 0.3) is 5.91 Å². The Bertz CT molecular complexity index is 747. The van der Waals surface area contributed by atoms with Gasteiger partial charge in [-0.05, 0) is 56.3 Å². The largest absolute Gasteiger partial charge is 0.326 e. The average Bonchev–Trinajstić information content (AvgIpc) is 3.19. The number of rotatable bonds is 5. The number of nitrogens with one attached hydrogen (secondary N) is 3. The lowest BCUT2D eigenvalue weighted by Crippen LogP contribution is -2.52. The van der Waals surface area contributed by atoms with Crippen LogP contribution in [-0.4, -0.2) is 34.7 Å². The van der Waals surface area contributed by atoms with Crippen molar-refractivity contribution in [2.45, 2.75) is 32.2 Å². The number of hydrogen-bond acceptors (Lipinski definition) is 4. The van der Waals surface area contributed by atoms with E-state index >= 15 is 0 Å². The molecule has 0 spiro atoms. The van der Waals surface area contributed by atoms with Crippen molar-refractivity contribution < 1.29 is 9.59 Å². The van der Waals surface area contributed by atoms with Gasteiger partial charge in [-0.1, -0.05) is 13.8 Å². The van der Waals surface area contributed by atoms with Gasteiger partial charge >= 0.3 is 0 Å². The molecular formula is C19H25N5O2. The summed E-state index contributed by atoms with van der Waals surface area (Å²) in [6.07, 6.45) is 4.91. The van der Waals surface area contributed by atoms with E-state index in [4.69, 9.17) is 0 Å². The summed E-state index contributed by atoms with van der Waals surface area (Å²) in [6.45, 7) is 5.23. The average molecular weight is 355 g/mol. The lowest BCUT2D eigenvalue weighted by molar-refractivity contribution is -0.126. The summed E-state index contributed by atoms with van der Waals surface area (Å²) in [5.41, 5.74) is 0.729. The predicted octanol–water partition coefficient (Wildman–Crippen LogP) is 2.19. The van der Waals surface area contributed by atoms with E-state index in [1.165, 1.54) is 0 Å². The molecule has 1 aliphatic rings. The number of carbonyl (C=O) groups excluding carboxylic acids is 2. The Morgan fingerprint density at radius 3 is 2.27 bits per heavy atom. The van der Waals surface area contributed by atoms with Gasteiger partial charge < -0.3 is 16.0 Å². The maximum absolute atomic E-state index is 13.1. The molecular weight excluding hydrogens is 330 g/mol. The number of nitrogens with zero attached hydrogens (tertiary/aromatic N) is 2. The van der Waals surface area contributed by atoms with Crippen molar-refractivity contribution in [2.75, 3.05) is 23.7 Å². The van der Waals surface area contributed by atoms with Gasteiger partial charge in [-0.2, -0.15) is 5.10 Å². The van der Waals surface area contributed by atoms with Crippen LogP contribution in [0.4, 0.5) is 11.4 Å². The van der Waals surface area contributed by atoms with E-state index in [2.05, 4.69) is 21.0 Å². The smallest absolute Gasteiger partial charge is 0.252 e. The van der Waals surface area contributed by atoms with Gasteiger partial charge in [-0.15, -0.1) is 0 Å². The van der Waals surface area contributed by atoms with Crippen LogP contribution in [0.3, 0.4) is 0 Å². The summed E-state index contributed by atoms with van der Waals surface area (Å²) < 4.78 is 1.76. The minimum Gasteiger partial charge on any atom is -0.326 e. The third kappa shape index (κ3) is 3.77. The molecule has 7 heteroatoms. The molecule has 26 heavy (non-hydrogen) atoms. The van der Waals surface area contributed by atoms with Crippen LogP contribution in [0.15, 0.2) is 42.7 Å². The first-order chi connectivity index (χ1) is 12.5. The van der Waals surface area contributed by atoms with Gasteiger partial charge in [-0.25, -0.2) is 0 Å². The van der Waals surface area contributed by atoms with Crippen LogP contribution >= 0.6 is 0 Å². The van der Waals surface area contributed by atoms with Crippen LogP contribution in [0, 0.1) is 5.92 Å². The van der Waals surface area contributed by atoms with E-state index in [1.807, 2.05) is 26.1 Å². The summed E-state index contributed by atoms with van der Waals surface area (Å²) in [4.78, 5) is 24.8. The molecule has 3 rings (SSSR count). The number of aromatic nitrogens is 2. The van der Waals surface area contributed by atoms with Gasteiger partial charge in [-0.3, -0.25) is 14.3 Å². The Morgan fingerprint density at radius 2 is 1.73 bits per heavy atom. The third-order valence-corrected chi connectivity index (χ3v) is 4.73. The SMILES string of the molecule is CC(C)C(=O)Nc1ccc(NC(=O)C2(n3cccn3)CCNCC2)cc1. The molecule has 7 nitrogen and oxygen atoms in total. The fourth-order valence-electron chi connectivity index (χ4n) is 3.09. The highest BCUT2D eigenvalue weighted by atomic mass is 16.2. The van der Waals surface area contributed by atoms with E-state index in [-0.39, 0.29) is 17.7 Å². The van der Waals surface area contributed by atoms with Crippen molar-refractivity contribution in [3.63, 3.8) is 0 Å². The van der Waals surface area contributed by atoms with E-state index < -0.39 is 5.54 Å². The molecule has 0 unspecified atom stereocenters. The lowest BCUT2D eigenvalue weighted by atomic mass is 9.87. The van der Waals surface area contributed by atoms with Crippen molar-refractivity contribution >= 4 is 23.2 Å². The highest BCUT2D eigenvalue weighted by Crippen LogP contribution is 2.29. The first-order valence-corrected chi connectivity index (χ1v) is 8.94. The Hall–Kier alpha value is -2.67. The lowest BCUT2D eigenvalue weighted by Gasteiger charge is -2.36. The van der Waals surface area contributed by atoms with Crippen molar-refractivity contribution in [1.82, 2.24) is 15.1 Å². The molecule has 138 valence electrons. The monoisotopic (exact) mass is 355 g/mol. The Kier molecular flexibility index (Phi) is 5.37. The van der Waals surface area contributed by atoms with Crippen LogP contribution in [0.2, 0.25) is 0 Å². The second kappa shape index (κ2) is 7.70. The van der Waals surface area contributed by atoms with Gasteiger partial charge in [0.15, 0.2) is 0 Å². The summed E-state index contributed by atoms with van der Waals surface area (Å²) in [6, 6.07) is 9.01. The molecule has 0 bridgehead atoms. The van der Waals surface area contributed by atoms with Gasteiger partial charge in [0, 0.05) is 29.7 Å². The second-order valence-corrected chi connectivity index (χ2v) is 6.91. The summed E-state index contributed by atoms with van der Waals surface area (Å²) in [5, 5.41) is 13.5. The quantitative estimate of drug-likeness (QED) is 0.767. The number of carbonyl (C=O) groups is 2. The Labute approximate surface area is 153 Å². The van der Waals surface area contributed by atoms with E-state index in [9.17, 15) is 9.59 Å². The first kappa shape index (κ1) is 18.1. The summed E-state index contributed by atoms with van der Waals surface area (Å²) in [5.74, 6) is -0.181. The molecule has 2 heterocycles. The van der Waals surface area contributed by atoms with Crippen LogP contribution in [0.5, 0.6) is 0 Å². The number of amides is 2. The standard InChI is InChI=1S/C19H25N5O2/c1-14(2)17(25)22-15-4-6-16(7-5-15)23-18(26)19(8-11-20-12-9-19)24-13-3-10-21-24/h3-7,10,13-14,20H,8-9,11-12H2,1-2H3,(H,22,25)(H,23,26). The van der Waals surface area contributed by atoms with Crippen LogP contribution in [0.1, 0.15) is 26.7 Å². The summed E-state index contributed by atoms with van der Waals surface area (Å²) in [7, 11) is 0. The molecule has 0 aliphatic carbocycles. The Morgan fingerprint density at radius 1 is 1.12 bits per heavy atom. The topological polar surface area (TPSA) is 88.1 Å². The van der Waals surface area contributed by atoms with Gasteiger partial charge in [0.05, 0.1) is 0 Å². The molecule has 1 aliphatic heterocycles. The fourth-order valence-corrected chi connectivity index (χ4v) is 3.09. The maximum atomic E-state index is 13.1. The molecule has 3 N–H and O–H groups in total. The van der Waals surface area contributed by atoms with Crippen LogP contribution < -0.4 is 16.0 Å². The number of benzene rings is 1. The number of anilines is 2.